The molecule has 11 nitrogen and oxygen atoms in total. The summed E-state index contributed by atoms with van der Waals surface area (Å²) in [5.74, 6) is -0.131. The van der Waals surface area contributed by atoms with Crippen LogP contribution in [0, 0.1) is 13.7 Å². The number of thiazole rings is 1. The standard InChI is InChI=1S/C23H17IN4O7S3/c1-34-19-11-14(12-25-27-21(29)13-36-23-26-18-4-2-3-5-20(18)37-23)10-17(24)22(19)35-38(32,33)16-8-6-15(7-9-16)28(30)31/h2-12H,13H2,1H3,(H,27,29)/b25-12-. The average molecular weight is 685 g/mol. The van der Waals surface area contributed by atoms with Crippen molar-refractivity contribution in [2.24, 2.45) is 5.10 Å². The van der Waals surface area contributed by atoms with Crippen molar-refractivity contribution in [1.82, 2.24) is 10.4 Å². The molecular weight excluding hydrogens is 667 g/mol. The summed E-state index contributed by atoms with van der Waals surface area (Å²) < 4.78 is 38.2. The zero-order valence-electron chi connectivity index (χ0n) is 19.4. The summed E-state index contributed by atoms with van der Waals surface area (Å²) in [6.07, 6.45) is 1.39. The first-order valence-corrected chi connectivity index (χ1v) is 14.8. The molecule has 0 aliphatic heterocycles. The number of rotatable bonds is 10. The third kappa shape index (κ3) is 6.77. The highest BCUT2D eigenvalue weighted by atomic mass is 127. The summed E-state index contributed by atoms with van der Waals surface area (Å²) in [5, 5.41) is 14.8. The molecule has 4 aromatic rings. The van der Waals surface area contributed by atoms with Gasteiger partial charge in [0, 0.05) is 12.1 Å². The second-order valence-corrected chi connectivity index (χ2v) is 12.3. The number of benzene rings is 3. The number of para-hydroxylation sites is 1. The molecule has 0 aliphatic carbocycles. The molecule has 0 radical (unpaired) electrons. The monoisotopic (exact) mass is 684 g/mol. The van der Waals surface area contributed by atoms with Crippen molar-refractivity contribution in [2.75, 3.05) is 12.9 Å². The van der Waals surface area contributed by atoms with Crippen LogP contribution in [-0.4, -0.2) is 43.3 Å². The Morgan fingerprint density at radius 2 is 1.97 bits per heavy atom. The number of nitro benzene ring substituents is 1. The minimum Gasteiger partial charge on any atom is -0.493 e. The zero-order chi connectivity index (χ0) is 27.3. The maximum absolute atomic E-state index is 12.7. The Labute approximate surface area is 238 Å². The van der Waals surface area contributed by atoms with Gasteiger partial charge in [0.2, 0.25) is 0 Å². The van der Waals surface area contributed by atoms with Gasteiger partial charge in [-0.15, -0.1) is 11.3 Å². The number of aromatic nitrogens is 1. The fraction of sp³-hybridized carbons (Fsp3) is 0.0870. The summed E-state index contributed by atoms with van der Waals surface area (Å²) in [6.45, 7) is 0. The largest absolute Gasteiger partial charge is 0.493 e. The van der Waals surface area contributed by atoms with E-state index < -0.39 is 15.0 Å². The molecule has 0 aliphatic rings. The minimum absolute atomic E-state index is 0.0557. The lowest BCUT2D eigenvalue weighted by molar-refractivity contribution is -0.384. The van der Waals surface area contributed by atoms with E-state index in [-0.39, 0.29) is 33.7 Å². The first-order chi connectivity index (χ1) is 18.2. The Bertz CT molecular complexity index is 1610. The number of non-ortho nitro benzene ring substituents is 1. The molecule has 4 rings (SSSR count). The van der Waals surface area contributed by atoms with E-state index in [1.165, 1.54) is 42.5 Å². The second-order valence-electron chi connectivity index (χ2n) is 7.35. The number of methoxy groups -OCH3 is 1. The van der Waals surface area contributed by atoms with Crippen molar-refractivity contribution < 1.29 is 27.1 Å². The number of ether oxygens (including phenoxy) is 1. The molecule has 0 unspecified atom stereocenters. The second kappa shape index (κ2) is 12.1. The van der Waals surface area contributed by atoms with Crippen LogP contribution in [0.3, 0.4) is 0 Å². The van der Waals surface area contributed by atoms with Gasteiger partial charge in [0.15, 0.2) is 15.8 Å². The SMILES string of the molecule is COc1cc(/C=N\NC(=O)CSc2nc3ccccc3s2)cc(I)c1OS(=O)(=O)c1ccc([N+](=O)[O-])cc1. The van der Waals surface area contributed by atoms with Crippen LogP contribution < -0.4 is 14.3 Å². The Kier molecular flexibility index (Phi) is 8.80. The van der Waals surface area contributed by atoms with Gasteiger partial charge in [-0.2, -0.15) is 13.5 Å². The maximum atomic E-state index is 12.7. The van der Waals surface area contributed by atoms with Gasteiger partial charge < -0.3 is 8.92 Å². The molecule has 1 amide bonds. The highest BCUT2D eigenvalue weighted by Crippen LogP contribution is 2.36. The van der Waals surface area contributed by atoms with Crippen molar-refractivity contribution in [1.29, 1.82) is 0 Å². The molecule has 0 atom stereocenters. The maximum Gasteiger partial charge on any atom is 0.339 e. The fourth-order valence-corrected chi connectivity index (χ4v) is 6.74. The number of hydrogen-bond acceptors (Lipinski definition) is 11. The van der Waals surface area contributed by atoms with E-state index in [1.54, 1.807) is 6.07 Å². The lowest BCUT2D eigenvalue weighted by Gasteiger charge is -2.13. The average Bonchev–Trinajstić information content (AvgIpc) is 3.32. The van der Waals surface area contributed by atoms with Crippen molar-refractivity contribution >= 4 is 83.8 Å². The predicted molar refractivity (Wildman–Crippen MR) is 153 cm³/mol. The molecule has 38 heavy (non-hydrogen) atoms. The first-order valence-electron chi connectivity index (χ1n) is 10.5. The van der Waals surface area contributed by atoms with E-state index >= 15 is 0 Å². The van der Waals surface area contributed by atoms with Crippen LogP contribution in [0.1, 0.15) is 5.56 Å². The number of amides is 1. The number of hydrazone groups is 1. The molecule has 0 saturated carbocycles. The summed E-state index contributed by atoms with van der Waals surface area (Å²) in [5.41, 5.74) is 3.60. The Morgan fingerprint density at radius 3 is 2.66 bits per heavy atom. The van der Waals surface area contributed by atoms with Crippen molar-refractivity contribution in [3.8, 4) is 11.5 Å². The molecular formula is C23H17IN4O7S3. The summed E-state index contributed by atoms with van der Waals surface area (Å²) >= 11 is 4.70. The highest BCUT2D eigenvalue weighted by Gasteiger charge is 2.23. The molecule has 1 N–H and O–H groups in total. The molecule has 0 saturated heterocycles. The number of thioether (sulfide) groups is 1. The van der Waals surface area contributed by atoms with Crippen LogP contribution in [-0.2, 0) is 14.9 Å². The van der Waals surface area contributed by atoms with Gasteiger partial charge in [-0.05, 0) is 64.6 Å². The zero-order valence-corrected chi connectivity index (χ0v) is 24.0. The minimum atomic E-state index is -4.29. The van der Waals surface area contributed by atoms with Crippen LogP contribution in [0.4, 0.5) is 5.69 Å². The molecule has 0 fully saturated rings. The van der Waals surface area contributed by atoms with Gasteiger partial charge in [-0.25, -0.2) is 10.4 Å². The molecule has 3 aromatic carbocycles. The van der Waals surface area contributed by atoms with E-state index in [0.717, 1.165) is 38.8 Å². The van der Waals surface area contributed by atoms with Gasteiger partial charge in [-0.1, -0.05) is 23.9 Å². The van der Waals surface area contributed by atoms with Gasteiger partial charge in [-0.3, -0.25) is 14.9 Å². The number of hydrogen-bond donors (Lipinski definition) is 1. The summed E-state index contributed by atoms with van der Waals surface area (Å²) in [6, 6.07) is 15.1. The van der Waals surface area contributed by atoms with E-state index in [1.807, 2.05) is 46.9 Å². The third-order valence-electron chi connectivity index (χ3n) is 4.78. The Morgan fingerprint density at radius 1 is 1.24 bits per heavy atom. The van der Waals surface area contributed by atoms with Gasteiger partial charge in [0.05, 0.1) is 37.8 Å². The summed E-state index contributed by atoms with van der Waals surface area (Å²) in [7, 11) is -2.95. The van der Waals surface area contributed by atoms with E-state index in [0.29, 0.717) is 9.13 Å². The quantitative estimate of drug-likeness (QED) is 0.0619. The third-order valence-corrected chi connectivity index (χ3v) is 9.00. The summed E-state index contributed by atoms with van der Waals surface area (Å²) in [4.78, 5) is 26.6. The number of carbonyl (C=O) groups excluding carboxylic acids is 1. The normalized spacial score (nSPS) is 11.5. The van der Waals surface area contributed by atoms with Crippen molar-refractivity contribution in [2.45, 2.75) is 9.24 Å². The topological polar surface area (TPSA) is 150 Å². The number of nitrogens with zero attached hydrogens (tertiary/aromatic N) is 3. The van der Waals surface area contributed by atoms with Crippen LogP contribution >= 0.6 is 45.7 Å². The number of nitro groups is 1. The smallest absolute Gasteiger partial charge is 0.339 e. The molecule has 196 valence electrons. The number of halogens is 1. The lowest BCUT2D eigenvalue weighted by atomic mass is 10.2. The number of fused-ring (bicyclic) bond motifs is 1. The molecule has 0 bridgehead atoms. The Hall–Kier alpha value is -3.28. The van der Waals surface area contributed by atoms with E-state index in [9.17, 15) is 23.3 Å². The predicted octanol–water partition coefficient (Wildman–Crippen LogP) is 4.83. The van der Waals surface area contributed by atoms with E-state index in [2.05, 4.69) is 15.5 Å². The van der Waals surface area contributed by atoms with Gasteiger partial charge in [0.1, 0.15) is 4.90 Å². The Balaban J connectivity index is 1.40. The van der Waals surface area contributed by atoms with Crippen LogP contribution in [0.5, 0.6) is 11.5 Å². The molecule has 1 aromatic heterocycles. The lowest BCUT2D eigenvalue weighted by Crippen LogP contribution is -2.19. The number of carbonyl (C=O) groups is 1. The van der Waals surface area contributed by atoms with Gasteiger partial charge >= 0.3 is 10.1 Å². The van der Waals surface area contributed by atoms with Crippen LogP contribution in [0.15, 0.2) is 75.0 Å². The molecule has 15 heteroatoms. The van der Waals surface area contributed by atoms with Crippen LogP contribution in [0.2, 0.25) is 0 Å². The van der Waals surface area contributed by atoms with Crippen molar-refractivity contribution in [3.63, 3.8) is 0 Å². The highest BCUT2D eigenvalue weighted by molar-refractivity contribution is 14.1. The van der Waals surface area contributed by atoms with Crippen LogP contribution in [0.25, 0.3) is 10.2 Å². The number of nitrogens with one attached hydrogen (secondary N) is 1. The molecule has 1 heterocycles. The van der Waals surface area contributed by atoms with Gasteiger partial charge in [0.25, 0.3) is 11.6 Å². The fourth-order valence-electron chi connectivity index (χ4n) is 3.04. The first kappa shape index (κ1) is 27.7. The van der Waals surface area contributed by atoms with Crippen molar-refractivity contribution in [3.05, 3.63) is 79.9 Å². The molecule has 0 spiro atoms. The van der Waals surface area contributed by atoms with E-state index in [4.69, 9.17) is 8.92 Å².